The van der Waals surface area contributed by atoms with E-state index in [0.717, 1.165) is 0 Å². The fraction of sp³-hybridized carbons (Fsp3) is 0.0833. The number of H-pyrrole nitrogens is 1. The molecule has 19 heavy (non-hydrogen) atoms. The highest BCUT2D eigenvalue weighted by molar-refractivity contribution is 5.95. The zero-order valence-electron chi connectivity index (χ0n) is 9.98. The summed E-state index contributed by atoms with van der Waals surface area (Å²) in [5.41, 5.74) is -2.10. The fourth-order valence-corrected chi connectivity index (χ4v) is 1.63. The van der Waals surface area contributed by atoms with E-state index in [-0.39, 0.29) is 5.39 Å². The lowest BCUT2D eigenvalue weighted by molar-refractivity contribution is 0.254. The number of rotatable bonds is 1. The van der Waals surface area contributed by atoms with Crippen LogP contribution in [0.2, 0.25) is 0 Å². The number of anilines is 1. The Labute approximate surface area is 106 Å². The molecule has 98 valence electrons. The van der Waals surface area contributed by atoms with Crippen LogP contribution in [0.3, 0.4) is 0 Å². The summed E-state index contributed by atoms with van der Waals surface area (Å²) >= 11 is 0. The molecular formula is C12H11N3O4. The van der Waals surface area contributed by atoms with Crippen LogP contribution in [0.5, 0.6) is 5.75 Å². The molecule has 2 aromatic rings. The van der Waals surface area contributed by atoms with Crippen LogP contribution in [0, 0.1) is 0 Å². The molecule has 0 spiro atoms. The standard InChI is InChI=1S/C12H11N3O4/c1-13-12(19)15-8-9(16)6-4-2-3-5-7(6)14-11(18)10(8)17/h2-5H,1H3,(H4,13,14,15,16,17,18,19). The number of aromatic hydroxyl groups is 1. The van der Waals surface area contributed by atoms with E-state index >= 15 is 0 Å². The van der Waals surface area contributed by atoms with Crippen LogP contribution in [0.25, 0.3) is 10.9 Å². The molecule has 0 unspecified atom stereocenters. The molecule has 2 amide bonds. The van der Waals surface area contributed by atoms with E-state index in [0.29, 0.717) is 5.52 Å². The molecule has 0 aliphatic rings. The lowest BCUT2D eigenvalue weighted by atomic mass is 10.2. The summed E-state index contributed by atoms with van der Waals surface area (Å²) < 4.78 is 0. The average Bonchev–Trinajstić information content (AvgIpc) is 2.50. The number of para-hydroxylation sites is 1. The Morgan fingerprint density at radius 1 is 1.26 bits per heavy atom. The zero-order chi connectivity index (χ0) is 14.0. The van der Waals surface area contributed by atoms with Crippen LogP contribution in [-0.4, -0.2) is 23.2 Å². The summed E-state index contributed by atoms with van der Waals surface area (Å²) in [6, 6.07) is 5.64. The van der Waals surface area contributed by atoms with Gasteiger partial charge in [0.25, 0.3) is 11.0 Å². The molecule has 1 aromatic heterocycles. The molecule has 0 atom stereocenters. The molecule has 2 rings (SSSR count). The van der Waals surface area contributed by atoms with E-state index in [9.17, 15) is 19.5 Å². The largest absolute Gasteiger partial charge is 0.505 e. The molecule has 0 aliphatic carbocycles. The Hall–Kier alpha value is -2.83. The van der Waals surface area contributed by atoms with Crippen LogP contribution >= 0.6 is 0 Å². The van der Waals surface area contributed by atoms with Gasteiger partial charge in [-0.15, -0.1) is 0 Å². The molecule has 1 aromatic carbocycles. The van der Waals surface area contributed by atoms with Gasteiger partial charge in [-0.05, 0) is 12.1 Å². The number of urea groups is 1. The van der Waals surface area contributed by atoms with Gasteiger partial charge in [0, 0.05) is 12.4 Å². The van der Waals surface area contributed by atoms with Gasteiger partial charge >= 0.3 is 6.03 Å². The van der Waals surface area contributed by atoms with Gasteiger partial charge in [-0.3, -0.25) is 9.59 Å². The van der Waals surface area contributed by atoms with Gasteiger partial charge in [0.05, 0.1) is 5.52 Å². The van der Waals surface area contributed by atoms with Crippen molar-refractivity contribution < 1.29 is 9.90 Å². The molecule has 0 radical (unpaired) electrons. The molecule has 7 nitrogen and oxygen atoms in total. The first-order valence-electron chi connectivity index (χ1n) is 5.41. The van der Waals surface area contributed by atoms with Crippen molar-refractivity contribution in [2.75, 3.05) is 12.4 Å². The highest BCUT2D eigenvalue weighted by Gasteiger charge is 2.14. The number of carbonyl (C=O) groups is 1. The molecule has 0 fully saturated rings. The molecule has 4 N–H and O–H groups in total. The van der Waals surface area contributed by atoms with Crippen molar-refractivity contribution >= 4 is 22.6 Å². The van der Waals surface area contributed by atoms with Gasteiger partial charge in [0.15, 0.2) is 5.75 Å². The van der Waals surface area contributed by atoms with E-state index < -0.39 is 28.5 Å². The summed E-state index contributed by atoms with van der Waals surface area (Å²) in [7, 11) is 1.35. The number of amides is 2. The van der Waals surface area contributed by atoms with Crippen LogP contribution in [0.4, 0.5) is 10.5 Å². The number of aromatic amines is 1. The number of carbonyl (C=O) groups excluding carboxylic acids is 1. The van der Waals surface area contributed by atoms with Crippen molar-refractivity contribution in [2.45, 2.75) is 0 Å². The Bertz CT molecular complexity index is 767. The second kappa shape index (κ2) is 4.81. The minimum atomic E-state index is -1.02. The molecule has 0 saturated heterocycles. The summed E-state index contributed by atoms with van der Waals surface area (Å²) in [6.45, 7) is 0. The van der Waals surface area contributed by atoms with Crippen molar-refractivity contribution in [1.29, 1.82) is 0 Å². The zero-order valence-corrected chi connectivity index (χ0v) is 9.98. The predicted octanol–water partition coefficient (Wildman–Crippen LogP) is 0.345. The maximum absolute atomic E-state index is 11.8. The number of hydrogen-bond donors (Lipinski definition) is 4. The van der Waals surface area contributed by atoms with Crippen molar-refractivity contribution in [1.82, 2.24) is 10.3 Å². The van der Waals surface area contributed by atoms with Gasteiger partial charge in [0.1, 0.15) is 5.69 Å². The van der Waals surface area contributed by atoms with E-state index in [1.165, 1.54) is 13.1 Å². The van der Waals surface area contributed by atoms with E-state index in [4.69, 9.17) is 0 Å². The molecule has 1 heterocycles. The number of hydrogen-bond acceptors (Lipinski definition) is 4. The highest BCUT2D eigenvalue weighted by Crippen LogP contribution is 2.26. The molecule has 0 bridgehead atoms. The van der Waals surface area contributed by atoms with Gasteiger partial charge in [-0.1, -0.05) is 12.1 Å². The Morgan fingerprint density at radius 2 is 1.95 bits per heavy atom. The monoisotopic (exact) mass is 261 g/mol. The minimum Gasteiger partial charge on any atom is -0.505 e. The Balaban J connectivity index is 2.87. The maximum Gasteiger partial charge on any atom is 0.319 e. The van der Waals surface area contributed by atoms with Crippen LogP contribution in [0.1, 0.15) is 0 Å². The normalized spacial score (nSPS) is 10.2. The number of aromatic nitrogens is 1. The Morgan fingerprint density at radius 3 is 2.63 bits per heavy atom. The van der Waals surface area contributed by atoms with Gasteiger partial charge in [0.2, 0.25) is 0 Å². The summed E-state index contributed by atoms with van der Waals surface area (Å²) in [6.07, 6.45) is 0. The number of nitrogens with one attached hydrogen (secondary N) is 3. The second-order valence-corrected chi connectivity index (χ2v) is 3.76. The van der Waals surface area contributed by atoms with E-state index in [1.54, 1.807) is 18.2 Å². The Kier molecular flexibility index (Phi) is 3.19. The lowest BCUT2D eigenvalue weighted by Crippen LogP contribution is -2.31. The van der Waals surface area contributed by atoms with Crippen LogP contribution < -0.4 is 21.6 Å². The van der Waals surface area contributed by atoms with Gasteiger partial charge in [-0.2, -0.15) is 0 Å². The summed E-state index contributed by atoms with van der Waals surface area (Å²) in [5.74, 6) is -0.456. The van der Waals surface area contributed by atoms with E-state index in [2.05, 4.69) is 15.6 Å². The third kappa shape index (κ3) is 2.25. The third-order valence-electron chi connectivity index (χ3n) is 2.57. The topological polar surface area (TPSA) is 111 Å². The first-order chi connectivity index (χ1) is 9.04. The molecule has 0 aliphatic heterocycles. The molecule has 7 heteroatoms. The minimum absolute atomic E-state index is 0.258. The first-order valence-corrected chi connectivity index (χ1v) is 5.41. The average molecular weight is 261 g/mol. The first kappa shape index (κ1) is 12.6. The lowest BCUT2D eigenvalue weighted by Gasteiger charge is -2.03. The van der Waals surface area contributed by atoms with Crippen LogP contribution in [-0.2, 0) is 0 Å². The molecule has 0 saturated carbocycles. The van der Waals surface area contributed by atoms with E-state index in [1.807, 2.05) is 0 Å². The maximum atomic E-state index is 11.8. The SMILES string of the molecule is CNC(=O)Nc1c(O)c2ccccc2[nH]c(=O)c1=O. The molecular weight excluding hydrogens is 250 g/mol. The number of fused-ring (bicyclic) bond motifs is 1. The third-order valence-corrected chi connectivity index (χ3v) is 2.57. The van der Waals surface area contributed by atoms with Crippen molar-refractivity contribution in [3.63, 3.8) is 0 Å². The van der Waals surface area contributed by atoms with Gasteiger partial charge in [-0.25, -0.2) is 4.79 Å². The predicted molar refractivity (Wildman–Crippen MR) is 70.6 cm³/mol. The summed E-state index contributed by atoms with van der Waals surface area (Å²) in [5, 5.41) is 14.7. The second-order valence-electron chi connectivity index (χ2n) is 3.76. The van der Waals surface area contributed by atoms with Crippen molar-refractivity contribution in [2.24, 2.45) is 0 Å². The number of benzene rings is 1. The van der Waals surface area contributed by atoms with Gasteiger partial charge < -0.3 is 20.7 Å². The van der Waals surface area contributed by atoms with Crippen LogP contribution in [0.15, 0.2) is 33.9 Å². The quantitative estimate of drug-likeness (QED) is 0.555. The highest BCUT2D eigenvalue weighted by atomic mass is 16.3. The summed E-state index contributed by atoms with van der Waals surface area (Å²) in [4.78, 5) is 37.0. The fourth-order valence-electron chi connectivity index (χ4n) is 1.63. The van der Waals surface area contributed by atoms with Crippen molar-refractivity contribution in [3.8, 4) is 5.75 Å². The van der Waals surface area contributed by atoms with Crippen molar-refractivity contribution in [3.05, 3.63) is 44.8 Å². The smallest absolute Gasteiger partial charge is 0.319 e.